The van der Waals surface area contributed by atoms with Gasteiger partial charge < -0.3 is 19.9 Å². The fourth-order valence-corrected chi connectivity index (χ4v) is 2.71. The van der Waals surface area contributed by atoms with Crippen LogP contribution in [-0.4, -0.2) is 46.0 Å². The Morgan fingerprint density at radius 3 is 3.20 bits per heavy atom. The van der Waals surface area contributed by atoms with Crippen LogP contribution in [0.25, 0.3) is 0 Å². The molecule has 2 aromatic heterocycles. The van der Waals surface area contributed by atoms with E-state index in [2.05, 4.69) is 25.9 Å². The van der Waals surface area contributed by atoms with Crippen molar-refractivity contribution < 1.29 is 14.1 Å². The van der Waals surface area contributed by atoms with Crippen molar-refractivity contribution in [3.05, 3.63) is 29.7 Å². The summed E-state index contributed by atoms with van der Waals surface area (Å²) in [7, 11) is 1.56. The van der Waals surface area contributed by atoms with Gasteiger partial charge in [0.15, 0.2) is 5.82 Å². The van der Waals surface area contributed by atoms with E-state index in [-0.39, 0.29) is 38.0 Å². The second-order valence-corrected chi connectivity index (χ2v) is 5.80. The van der Waals surface area contributed by atoms with Crippen molar-refractivity contribution in [1.82, 2.24) is 30.6 Å². The number of carbonyl (C=O) groups is 1. The maximum absolute atomic E-state index is 12.0. The molecule has 1 atom stereocenters. The quantitative estimate of drug-likeness (QED) is 0.735. The molecular formula is C15H23ClN6O3. The average molecular weight is 371 g/mol. The molecule has 0 aliphatic carbocycles. The van der Waals surface area contributed by atoms with Crippen molar-refractivity contribution in [3.8, 4) is 0 Å². The first-order chi connectivity index (χ1) is 11.7. The van der Waals surface area contributed by atoms with E-state index in [1.54, 1.807) is 11.8 Å². The molecule has 10 heteroatoms. The molecule has 0 bridgehead atoms. The summed E-state index contributed by atoms with van der Waals surface area (Å²) in [6, 6.07) is 1.99. The van der Waals surface area contributed by atoms with Crippen molar-refractivity contribution in [2.45, 2.75) is 38.5 Å². The number of amides is 1. The number of halogens is 1. The molecule has 3 rings (SSSR count). The lowest BCUT2D eigenvalue weighted by Crippen LogP contribution is -2.29. The molecule has 0 saturated carbocycles. The van der Waals surface area contributed by atoms with Gasteiger partial charge in [-0.3, -0.25) is 9.48 Å². The Kier molecular flexibility index (Phi) is 7.35. The fourth-order valence-electron chi connectivity index (χ4n) is 2.71. The maximum atomic E-state index is 12.0. The molecule has 3 heterocycles. The van der Waals surface area contributed by atoms with Crippen molar-refractivity contribution in [1.29, 1.82) is 0 Å². The zero-order valence-electron chi connectivity index (χ0n) is 14.1. The van der Waals surface area contributed by atoms with Crippen LogP contribution < -0.4 is 10.6 Å². The van der Waals surface area contributed by atoms with E-state index >= 15 is 0 Å². The minimum Gasteiger partial charge on any atom is -0.377 e. The van der Waals surface area contributed by atoms with Gasteiger partial charge in [0.1, 0.15) is 13.2 Å². The van der Waals surface area contributed by atoms with Gasteiger partial charge in [0.25, 0.3) is 0 Å². The van der Waals surface area contributed by atoms with E-state index in [1.165, 1.54) is 0 Å². The Labute approximate surface area is 151 Å². The van der Waals surface area contributed by atoms with E-state index in [0.717, 1.165) is 31.6 Å². The van der Waals surface area contributed by atoms with Crippen LogP contribution in [0.3, 0.4) is 0 Å². The van der Waals surface area contributed by atoms with Crippen LogP contribution in [0.5, 0.6) is 0 Å². The zero-order chi connectivity index (χ0) is 16.8. The first-order valence-corrected chi connectivity index (χ1v) is 8.06. The zero-order valence-corrected chi connectivity index (χ0v) is 14.9. The number of nitrogens with one attached hydrogen (secondary N) is 2. The molecule has 0 aromatic carbocycles. The van der Waals surface area contributed by atoms with Gasteiger partial charge in [0, 0.05) is 25.8 Å². The Morgan fingerprint density at radius 1 is 1.56 bits per heavy atom. The lowest BCUT2D eigenvalue weighted by molar-refractivity contribution is -0.122. The Bertz CT molecular complexity index is 668. The summed E-state index contributed by atoms with van der Waals surface area (Å²) in [5.74, 6) is 1.09. The number of methoxy groups -OCH3 is 1. The van der Waals surface area contributed by atoms with Gasteiger partial charge in [0.2, 0.25) is 11.8 Å². The second kappa shape index (κ2) is 9.50. The first-order valence-electron chi connectivity index (χ1n) is 8.06. The third-order valence-corrected chi connectivity index (χ3v) is 3.90. The third kappa shape index (κ3) is 5.52. The predicted octanol–water partition coefficient (Wildman–Crippen LogP) is 0.618. The number of hydrogen-bond acceptors (Lipinski definition) is 7. The Balaban J connectivity index is 0.00000225. The minimum atomic E-state index is -0.155. The first kappa shape index (κ1) is 19.4. The number of carbonyl (C=O) groups excluding carboxylic acids is 1. The average Bonchev–Trinajstić information content (AvgIpc) is 3.24. The highest BCUT2D eigenvalue weighted by atomic mass is 35.5. The molecule has 25 heavy (non-hydrogen) atoms. The van der Waals surface area contributed by atoms with E-state index in [0.29, 0.717) is 17.6 Å². The number of nitrogens with zero attached hydrogens (tertiary/aromatic N) is 4. The minimum absolute atomic E-state index is 0. The van der Waals surface area contributed by atoms with E-state index in [4.69, 9.17) is 9.26 Å². The van der Waals surface area contributed by atoms with Crippen LogP contribution >= 0.6 is 12.4 Å². The van der Waals surface area contributed by atoms with Crippen molar-refractivity contribution in [3.63, 3.8) is 0 Å². The summed E-state index contributed by atoms with van der Waals surface area (Å²) in [6.45, 7) is 2.66. The topological polar surface area (TPSA) is 107 Å². The third-order valence-electron chi connectivity index (χ3n) is 3.90. The van der Waals surface area contributed by atoms with Crippen LogP contribution in [0.4, 0.5) is 0 Å². The van der Waals surface area contributed by atoms with E-state index < -0.39 is 0 Å². The second-order valence-electron chi connectivity index (χ2n) is 5.80. The molecule has 138 valence electrons. The summed E-state index contributed by atoms with van der Waals surface area (Å²) < 4.78 is 11.6. The van der Waals surface area contributed by atoms with Gasteiger partial charge >= 0.3 is 0 Å². The van der Waals surface area contributed by atoms with Gasteiger partial charge in [-0.25, -0.2) is 0 Å². The molecule has 1 amide bonds. The van der Waals surface area contributed by atoms with E-state index in [9.17, 15) is 4.79 Å². The van der Waals surface area contributed by atoms with Gasteiger partial charge in [0.05, 0.1) is 12.2 Å². The number of piperidine rings is 1. The van der Waals surface area contributed by atoms with Crippen molar-refractivity contribution >= 4 is 18.3 Å². The van der Waals surface area contributed by atoms with Crippen LogP contribution in [0.15, 0.2) is 16.8 Å². The number of aromatic nitrogens is 4. The summed E-state index contributed by atoms with van der Waals surface area (Å²) in [5, 5.41) is 14.4. The smallest absolute Gasteiger partial charge is 0.246 e. The summed E-state index contributed by atoms with van der Waals surface area (Å²) in [4.78, 5) is 16.1. The molecule has 2 aromatic rings. The lowest BCUT2D eigenvalue weighted by Gasteiger charge is -2.20. The standard InChI is InChI=1S/C15H22N6O3.ClH/c1-23-10-13-18-15(24-20-13)8-17-14(22)9-21-6-4-12(19-21)11-3-2-5-16-7-11;/h4,6,11,16H,2-3,5,7-10H2,1H3,(H,17,22);1H. The highest BCUT2D eigenvalue weighted by Gasteiger charge is 2.18. The molecule has 0 radical (unpaired) electrons. The normalized spacial score (nSPS) is 17.1. The molecular weight excluding hydrogens is 348 g/mol. The molecule has 1 aliphatic rings. The van der Waals surface area contributed by atoms with Gasteiger partial charge in [-0.15, -0.1) is 12.4 Å². The largest absolute Gasteiger partial charge is 0.377 e. The monoisotopic (exact) mass is 370 g/mol. The van der Waals surface area contributed by atoms with Gasteiger partial charge in [-0.2, -0.15) is 10.1 Å². The number of ether oxygens (including phenoxy) is 1. The van der Waals surface area contributed by atoms with Crippen LogP contribution in [0, 0.1) is 0 Å². The molecule has 1 fully saturated rings. The summed E-state index contributed by atoms with van der Waals surface area (Å²) in [6.07, 6.45) is 4.14. The summed E-state index contributed by atoms with van der Waals surface area (Å²) in [5.41, 5.74) is 1.04. The van der Waals surface area contributed by atoms with Crippen LogP contribution in [0.2, 0.25) is 0 Å². The van der Waals surface area contributed by atoms with Crippen molar-refractivity contribution in [2.24, 2.45) is 0 Å². The highest BCUT2D eigenvalue weighted by Crippen LogP contribution is 2.21. The Morgan fingerprint density at radius 2 is 2.44 bits per heavy atom. The van der Waals surface area contributed by atoms with Gasteiger partial charge in [-0.05, 0) is 25.5 Å². The maximum Gasteiger partial charge on any atom is 0.246 e. The SMILES string of the molecule is COCc1noc(CNC(=O)Cn2ccc(C3CCCNC3)n2)n1.Cl. The van der Waals surface area contributed by atoms with Crippen LogP contribution in [0.1, 0.15) is 36.2 Å². The number of rotatable bonds is 7. The predicted molar refractivity (Wildman–Crippen MR) is 91.2 cm³/mol. The van der Waals surface area contributed by atoms with Gasteiger partial charge in [-0.1, -0.05) is 5.16 Å². The molecule has 1 saturated heterocycles. The molecule has 9 nitrogen and oxygen atoms in total. The van der Waals surface area contributed by atoms with E-state index in [1.807, 2.05) is 12.3 Å². The molecule has 0 spiro atoms. The fraction of sp³-hybridized carbons (Fsp3) is 0.600. The molecule has 1 unspecified atom stereocenters. The highest BCUT2D eigenvalue weighted by molar-refractivity contribution is 5.85. The molecule has 1 aliphatic heterocycles. The molecule has 2 N–H and O–H groups in total. The number of hydrogen-bond donors (Lipinski definition) is 2. The van der Waals surface area contributed by atoms with Crippen molar-refractivity contribution in [2.75, 3.05) is 20.2 Å². The lowest BCUT2D eigenvalue weighted by atomic mass is 9.97. The van der Waals surface area contributed by atoms with Crippen LogP contribution in [-0.2, 0) is 29.2 Å². The summed E-state index contributed by atoms with van der Waals surface area (Å²) >= 11 is 0. The Hall–Kier alpha value is -1.97.